The summed E-state index contributed by atoms with van der Waals surface area (Å²) < 4.78 is 8.68. The van der Waals surface area contributed by atoms with Crippen molar-refractivity contribution < 1.29 is 4.79 Å². The number of rotatable bonds is 2. The van der Waals surface area contributed by atoms with Gasteiger partial charge in [-0.05, 0) is 22.1 Å². The fourth-order valence-corrected chi connectivity index (χ4v) is 3.82. The topological polar surface area (TPSA) is 41.8 Å². The Kier molecular flexibility index (Phi) is 2.92. The third kappa shape index (κ3) is 2.58. The molecule has 1 aromatic rings. The third-order valence-corrected chi connectivity index (χ3v) is 4.38. The minimum Gasteiger partial charge on any atom is -0.267 e. The molecule has 2 rings (SSSR count). The molecule has 1 amide bonds. The van der Waals surface area contributed by atoms with Crippen LogP contribution in [0.1, 0.15) is 12.5 Å². The normalized spacial score (nSPS) is 24.4. The van der Waals surface area contributed by atoms with E-state index in [2.05, 4.69) is 8.73 Å². The molecular weight excluding hydrogens is 220 g/mol. The maximum absolute atomic E-state index is 11.4. The molecule has 1 aromatic carbocycles. The molecule has 0 N–H and O–H groups in total. The molecule has 0 saturated carbocycles. The lowest BCUT2D eigenvalue weighted by Crippen LogP contribution is -2.08. The minimum absolute atomic E-state index is 0.152. The zero-order valence-corrected chi connectivity index (χ0v) is 10.2. The quantitative estimate of drug-likeness (QED) is 0.775. The van der Waals surface area contributed by atoms with Crippen LogP contribution in [0.5, 0.6) is 0 Å². The standard InChI is InChI=1S/C12H14N2OS/c1-10-8-12(15)14-16(2,13-10)9-11-6-4-3-5-7-11/h3-8H,9H2,1-2H3. The van der Waals surface area contributed by atoms with Gasteiger partial charge in [0.2, 0.25) is 0 Å². The van der Waals surface area contributed by atoms with Crippen LogP contribution in [0, 0.1) is 0 Å². The van der Waals surface area contributed by atoms with Crippen molar-refractivity contribution >= 4 is 15.5 Å². The predicted octanol–water partition coefficient (Wildman–Crippen LogP) is 2.78. The van der Waals surface area contributed by atoms with Gasteiger partial charge in [0.25, 0.3) is 5.91 Å². The smallest absolute Gasteiger partial charge is 0.267 e. The Bertz CT molecular complexity index is 564. The van der Waals surface area contributed by atoms with E-state index in [4.69, 9.17) is 0 Å². The van der Waals surface area contributed by atoms with E-state index in [-0.39, 0.29) is 5.91 Å². The van der Waals surface area contributed by atoms with Gasteiger partial charge in [0.1, 0.15) is 0 Å². The molecule has 0 fully saturated rings. The summed E-state index contributed by atoms with van der Waals surface area (Å²) in [4.78, 5) is 11.4. The van der Waals surface area contributed by atoms with Gasteiger partial charge < -0.3 is 0 Å². The van der Waals surface area contributed by atoms with Crippen molar-refractivity contribution in [3.05, 3.63) is 47.7 Å². The summed E-state index contributed by atoms with van der Waals surface area (Å²) >= 11 is 0. The van der Waals surface area contributed by atoms with Crippen LogP contribution < -0.4 is 0 Å². The lowest BCUT2D eigenvalue weighted by Gasteiger charge is -2.13. The van der Waals surface area contributed by atoms with Crippen LogP contribution in [0.3, 0.4) is 0 Å². The highest BCUT2D eigenvalue weighted by Gasteiger charge is 2.10. The summed E-state index contributed by atoms with van der Waals surface area (Å²) in [5, 5.41) is 0. The van der Waals surface area contributed by atoms with Gasteiger partial charge in [-0.2, -0.15) is 4.36 Å². The number of hydrogen-bond donors (Lipinski definition) is 0. The first-order valence-corrected chi connectivity index (χ1v) is 7.18. The Balaban J connectivity index is 2.39. The lowest BCUT2D eigenvalue weighted by molar-refractivity contribution is -0.113. The molecule has 1 aliphatic rings. The van der Waals surface area contributed by atoms with Crippen molar-refractivity contribution in [2.75, 3.05) is 6.26 Å². The molecule has 4 heteroatoms. The molecule has 1 heterocycles. The van der Waals surface area contributed by atoms with Gasteiger partial charge in [0, 0.05) is 18.1 Å². The molecule has 0 bridgehead atoms. The molecule has 0 aliphatic carbocycles. The molecule has 3 nitrogen and oxygen atoms in total. The van der Waals surface area contributed by atoms with Crippen molar-refractivity contribution in [2.45, 2.75) is 12.7 Å². The highest BCUT2D eigenvalue weighted by molar-refractivity contribution is 7.94. The SMILES string of the molecule is CC1=CC(=O)N=S(C)(Cc2ccccc2)=N1. The lowest BCUT2D eigenvalue weighted by atomic mass is 10.2. The number of amides is 1. The Morgan fingerprint density at radius 3 is 2.50 bits per heavy atom. The Labute approximate surface area is 96.0 Å². The second-order valence-electron chi connectivity index (χ2n) is 3.93. The van der Waals surface area contributed by atoms with Crippen molar-refractivity contribution in [3.8, 4) is 0 Å². The monoisotopic (exact) mass is 234 g/mol. The maximum atomic E-state index is 11.4. The predicted molar refractivity (Wildman–Crippen MR) is 67.1 cm³/mol. The maximum Gasteiger partial charge on any atom is 0.278 e. The molecule has 0 aromatic heterocycles. The van der Waals surface area contributed by atoms with E-state index in [9.17, 15) is 4.79 Å². The van der Waals surface area contributed by atoms with Crippen molar-refractivity contribution in [3.63, 3.8) is 0 Å². The Hall–Kier alpha value is -1.42. The molecule has 1 aliphatic heterocycles. The van der Waals surface area contributed by atoms with Gasteiger partial charge >= 0.3 is 0 Å². The summed E-state index contributed by atoms with van der Waals surface area (Å²) in [6.07, 6.45) is 3.45. The van der Waals surface area contributed by atoms with Crippen molar-refractivity contribution in [2.24, 2.45) is 8.73 Å². The van der Waals surface area contributed by atoms with Crippen LogP contribution in [0.4, 0.5) is 0 Å². The average molecular weight is 234 g/mol. The highest BCUT2D eigenvalue weighted by atomic mass is 32.2. The highest BCUT2D eigenvalue weighted by Crippen LogP contribution is 2.16. The number of hydrogen-bond acceptors (Lipinski definition) is 2. The van der Waals surface area contributed by atoms with E-state index < -0.39 is 9.62 Å². The molecular formula is C12H14N2OS. The zero-order chi connectivity index (χ0) is 11.6. The molecule has 16 heavy (non-hydrogen) atoms. The Morgan fingerprint density at radius 2 is 1.88 bits per heavy atom. The van der Waals surface area contributed by atoms with Crippen molar-refractivity contribution in [1.29, 1.82) is 0 Å². The van der Waals surface area contributed by atoms with E-state index in [0.29, 0.717) is 0 Å². The number of benzene rings is 1. The van der Waals surface area contributed by atoms with Crippen molar-refractivity contribution in [1.82, 2.24) is 0 Å². The fourth-order valence-electron chi connectivity index (χ4n) is 1.71. The summed E-state index contributed by atoms with van der Waals surface area (Å²) in [6.45, 7) is 1.85. The molecule has 0 spiro atoms. The first-order chi connectivity index (χ1) is 7.57. The van der Waals surface area contributed by atoms with Gasteiger partial charge in [-0.25, -0.2) is 4.36 Å². The zero-order valence-electron chi connectivity index (χ0n) is 9.38. The first-order valence-electron chi connectivity index (χ1n) is 5.05. The van der Waals surface area contributed by atoms with E-state index in [1.165, 1.54) is 11.6 Å². The minimum atomic E-state index is -1.56. The first kappa shape index (κ1) is 11.1. The van der Waals surface area contributed by atoms with Crippen LogP contribution in [0.25, 0.3) is 0 Å². The molecule has 1 atom stereocenters. The van der Waals surface area contributed by atoms with Crippen LogP contribution in [-0.2, 0) is 20.2 Å². The fraction of sp³-hybridized carbons (Fsp3) is 0.250. The van der Waals surface area contributed by atoms with Gasteiger partial charge in [-0.1, -0.05) is 30.3 Å². The second-order valence-corrected chi connectivity index (χ2v) is 6.57. The second kappa shape index (κ2) is 4.22. The summed E-state index contributed by atoms with van der Waals surface area (Å²) in [5.74, 6) is 0.589. The van der Waals surface area contributed by atoms with Crippen LogP contribution in [0.2, 0.25) is 0 Å². The summed E-state index contributed by atoms with van der Waals surface area (Å²) in [7, 11) is -1.56. The van der Waals surface area contributed by atoms with E-state index in [1.54, 1.807) is 0 Å². The number of allylic oxidation sites excluding steroid dienone is 1. The molecule has 1 unspecified atom stereocenters. The largest absolute Gasteiger partial charge is 0.278 e. The summed E-state index contributed by atoms with van der Waals surface area (Å²) in [5.41, 5.74) is 1.96. The Morgan fingerprint density at radius 1 is 1.19 bits per heavy atom. The van der Waals surface area contributed by atoms with Gasteiger partial charge in [0.05, 0.1) is 5.70 Å². The van der Waals surface area contributed by atoms with E-state index in [0.717, 1.165) is 11.4 Å². The molecule has 0 radical (unpaired) electrons. The molecule has 0 saturated heterocycles. The van der Waals surface area contributed by atoms with Gasteiger partial charge in [0.15, 0.2) is 0 Å². The number of nitrogens with zero attached hydrogens (tertiary/aromatic N) is 2. The van der Waals surface area contributed by atoms with Crippen LogP contribution in [0.15, 0.2) is 50.8 Å². The number of carbonyl (C=O) groups is 1. The number of carbonyl (C=O) groups excluding carboxylic acids is 1. The van der Waals surface area contributed by atoms with Gasteiger partial charge in [-0.3, -0.25) is 4.79 Å². The van der Waals surface area contributed by atoms with E-state index in [1.807, 2.05) is 43.5 Å². The third-order valence-electron chi connectivity index (χ3n) is 2.24. The summed E-state index contributed by atoms with van der Waals surface area (Å²) in [6, 6.07) is 10.0. The average Bonchev–Trinajstić information content (AvgIpc) is 2.15. The van der Waals surface area contributed by atoms with Crippen LogP contribution >= 0.6 is 0 Å². The molecule has 84 valence electrons. The van der Waals surface area contributed by atoms with Gasteiger partial charge in [-0.15, -0.1) is 0 Å². The van der Waals surface area contributed by atoms with Crippen LogP contribution in [-0.4, -0.2) is 12.2 Å². The van der Waals surface area contributed by atoms with E-state index >= 15 is 0 Å².